The summed E-state index contributed by atoms with van der Waals surface area (Å²) < 4.78 is 33.2. The van der Waals surface area contributed by atoms with Crippen molar-refractivity contribution in [3.63, 3.8) is 0 Å². The number of halogens is 2. The van der Waals surface area contributed by atoms with Crippen LogP contribution in [0.2, 0.25) is 0 Å². The SMILES string of the molecule is COc1ccc(C(N)C(=O)O)cc1OC(F)F. The number of carbonyl (C=O) groups is 1. The molecule has 94 valence electrons. The molecule has 0 aliphatic heterocycles. The molecule has 1 atom stereocenters. The molecular formula is C10H11F2NO4. The number of hydrogen-bond acceptors (Lipinski definition) is 4. The second kappa shape index (κ2) is 5.44. The maximum absolute atomic E-state index is 12.1. The van der Waals surface area contributed by atoms with Gasteiger partial charge in [0.2, 0.25) is 0 Å². The van der Waals surface area contributed by atoms with E-state index in [2.05, 4.69) is 4.74 Å². The van der Waals surface area contributed by atoms with Crippen LogP contribution in [0.25, 0.3) is 0 Å². The molecule has 0 spiro atoms. The molecule has 0 amide bonds. The third-order valence-corrected chi connectivity index (χ3v) is 2.03. The Hall–Kier alpha value is -1.89. The molecule has 7 heteroatoms. The highest BCUT2D eigenvalue weighted by molar-refractivity contribution is 5.75. The lowest BCUT2D eigenvalue weighted by atomic mass is 10.1. The lowest BCUT2D eigenvalue weighted by Gasteiger charge is -2.13. The van der Waals surface area contributed by atoms with Gasteiger partial charge in [0.15, 0.2) is 11.5 Å². The first kappa shape index (κ1) is 13.2. The number of benzene rings is 1. The molecule has 0 radical (unpaired) electrons. The monoisotopic (exact) mass is 247 g/mol. The molecule has 0 aliphatic rings. The first-order valence-electron chi connectivity index (χ1n) is 4.57. The molecule has 17 heavy (non-hydrogen) atoms. The van der Waals surface area contributed by atoms with Crippen molar-refractivity contribution in [1.29, 1.82) is 0 Å². The van der Waals surface area contributed by atoms with E-state index >= 15 is 0 Å². The van der Waals surface area contributed by atoms with Crippen LogP contribution in [0.15, 0.2) is 18.2 Å². The molecule has 0 fully saturated rings. The van der Waals surface area contributed by atoms with Crippen molar-refractivity contribution in [2.24, 2.45) is 5.73 Å². The number of ether oxygens (including phenoxy) is 2. The van der Waals surface area contributed by atoms with Gasteiger partial charge in [-0.05, 0) is 17.7 Å². The smallest absolute Gasteiger partial charge is 0.387 e. The molecule has 1 aromatic carbocycles. The highest BCUT2D eigenvalue weighted by atomic mass is 19.3. The number of hydrogen-bond donors (Lipinski definition) is 2. The predicted molar refractivity (Wildman–Crippen MR) is 54.2 cm³/mol. The minimum Gasteiger partial charge on any atom is -0.493 e. The largest absolute Gasteiger partial charge is 0.493 e. The summed E-state index contributed by atoms with van der Waals surface area (Å²) in [5.74, 6) is -1.44. The van der Waals surface area contributed by atoms with Crippen molar-refractivity contribution in [1.82, 2.24) is 0 Å². The lowest BCUT2D eigenvalue weighted by molar-refractivity contribution is -0.138. The van der Waals surface area contributed by atoms with Crippen LogP contribution >= 0.6 is 0 Å². The topological polar surface area (TPSA) is 81.8 Å². The fourth-order valence-corrected chi connectivity index (χ4v) is 1.22. The minimum atomic E-state index is -3.03. The number of nitrogens with two attached hydrogens (primary N) is 1. The van der Waals surface area contributed by atoms with E-state index < -0.39 is 18.6 Å². The van der Waals surface area contributed by atoms with Crippen molar-refractivity contribution in [3.8, 4) is 11.5 Å². The summed E-state index contributed by atoms with van der Waals surface area (Å²) in [4.78, 5) is 10.6. The second-order valence-corrected chi connectivity index (χ2v) is 3.10. The fraction of sp³-hybridized carbons (Fsp3) is 0.300. The van der Waals surface area contributed by atoms with Gasteiger partial charge in [0.25, 0.3) is 0 Å². The zero-order valence-corrected chi connectivity index (χ0v) is 8.89. The van der Waals surface area contributed by atoms with Gasteiger partial charge in [-0.15, -0.1) is 0 Å². The Balaban J connectivity index is 3.08. The Kier molecular flexibility index (Phi) is 4.22. The molecule has 5 nitrogen and oxygen atoms in total. The van der Waals surface area contributed by atoms with Crippen molar-refractivity contribution in [2.45, 2.75) is 12.7 Å². The molecule has 0 saturated heterocycles. The van der Waals surface area contributed by atoms with Crippen LogP contribution < -0.4 is 15.2 Å². The van der Waals surface area contributed by atoms with Gasteiger partial charge >= 0.3 is 12.6 Å². The molecule has 0 aromatic heterocycles. The zero-order chi connectivity index (χ0) is 13.0. The summed E-state index contributed by atoms with van der Waals surface area (Å²) >= 11 is 0. The van der Waals surface area contributed by atoms with Crippen LogP contribution in [0.1, 0.15) is 11.6 Å². The highest BCUT2D eigenvalue weighted by Crippen LogP contribution is 2.31. The molecule has 3 N–H and O–H groups in total. The van der Waals surface area contributed by atoms with Crippen LogP contribution in [-0.4, -0.2) is 24.8 Å². The quantitative estimate of drug-likeness (QED) is 0.821. The standard InChI is InChI=1S/C10H11F2NO4/c1-16-6-3-2-5(8(13)9(14)15)4-7(6)17-10(11)12/h2-4,8,10H,13H2,1H3,(H,14,15). The predicted octanol–water partition coefficient (Wildman–Crippen LogP) is 1.38. The number of carboxylic acids is 1. The lowest BCUT2D eigenvalue weighted by Crippen LogP contribution is -2.20. The van der Waals surface area contributed by atoms with E-state index in [-0.39, 0.29) is 17.1 Å². The molecule has 0 heterocycles. The Labute approximate surface area is 95.7 Å². The minimum absolute atomic E-state index is 0.0756. The summed E-state index contributed by atoms with van der Waals surface area (Å²) in [5, 5.41) is 8.69. The normalized spacial score (nSPS) is 12.3. The van der Waals surface area contributed by atoms with Crippen molar-refractivity contribution < 1.29 is 28.2 Å². The molecule has 0 aliphatic carbocycles. The summed E-state index contributed by atoms with van der Waals surface area (Å²) in [6.45, 7) is -3.03. The number of rotatable bonds is 5. The average Bonchev–Trinajstić information content (AvgIpc) is 2.27. The highest BCUT2D eigenvalue weighted by Gasteiger charge is 2.18. The Bertz CT molecular complexity index is 411. The van der Waals surface area contributed by atoms with Crippen LogP contribution in [0.4, 0.5) is 8.78 Å². The van der Waals surface area contributed by atoms with Gasteiger partial charge in [0, 0.05) is 0 Å². The number of aliphatic carboxylic acids is 1. The van der Waals surface area contributed by atoms with Crippen LogP contribution in [0.5, 0.6) is 11.5 Å². The van der Waals surface area contributed by atoms with Gasteiger partial charge in [0.1, 0.15) is 6.04 Å². The third kappa shape index (κ3) is 3.28. The second-order valence-electron chi connectivity index (χ2n) is 3.10. The molecule has 0 bridgehead atoms. The summed E-state index contributed by atoms with van der Waals surface area (Å²) in [7, 11) is 1.28. The number of alkyl halides is 2. The van der Waals surface area contributed by atoms with Gasteiger partial charge in [-0.25, -0.2) is 0 Å². The van der Waals surface area contributed by atoms with E-state index in [1.807, 2.05) is 0 Å². The van der Waals surface area contributed by atoms with Crippen LogP contribution in [-0.2, 0) is 4.79 Å². The van der Waals surface area contributed by atoms with E-state index in [9.17, 15) is 13.6 Å². The van der Waals surface area contributed by atoms with E-state index in [1.165, 1.54) is 19.2 Å². The first-order valence-corrected chi connectivity index (χ1v) is 4.57. The van der Waals surface area contributed by atoms with Gasteiger partial charge < -0.3 is 20.3 Å². The molecule has 1 aromatic rings. The summed E-state index contributed by atoms with van der Waals surface area (Å²) in [6.07, 6.45) is 0. The van der Waals surface area contributed by atoms with E-state index in [0.717, 1.165) is 6.07 Å². The van der Waals surface area contributed by atoms with E-state index in [0.29, 0.717) is 0 Å². The maximum Gasteiger partial charge on any atom is 0.387 e. The van der Waals surface area contributed by atoms with Crippen molar-refractivity contribution in [2.75, 3.05) is 7.11 Å². The fourth-order valence-electron chi connectivity index (χ4n) is 1.22. The number of carboxylic acid groups (broad SMARTS) is 1. The summed E-state index contributed by atoms with van der Waals surface area (Å²) in [6, 6.07) is 2.50. The maximum atomic E-state index is 12.1. The van der Waals surface area contributed by atoms with Gasteiger partial charge in [0.05, 0.1) is 7.11 Å². The number of methoxy groups -OCH3 is 1. The Morgan fingerprint density at radius 3 is 2.53 bits per heavy atom. The van der Waals surface area contributed by atoms with Crippen LogP contribution in [0.3, 0.4) is 0 Å². The molecular weight excluding hydrogens is 236 g/mol. The first-order chi connectivity index (χ1) is 7.95. The van der Waals surface area contributed by atoms with Crippen LogP contribution in [0, 0.1) is 0 Å². The van der Waals surface area contributed by atoms with Gasteiger partial charge in [-0.1, -0.05) is 6.07 Å². The van der Waals surface area contributed by atoms with Gasteiger partial charge in [-0.3, -0.25) is 4.79 Å². The zero-order valence-electron chi connectivity index (χ0n) is 8.89. The molecule has 1 rings (SSSR count). The van der Waals surface area contributed by atoms with Gasteiger partial charge in [-0.2, -0.15) is 8.78 Å². The molecule has 1 unspecified atom stereocenters. The van der Waals surface area contributed by atoms with Crippen molar-refractivity contribution in [3.05, 3.63) is 23.8 Å². The van der Waals surface area contributed by atoms with E-state index in [4.69, 9.17) is 15.6 Å². The molecule has 0 saturated carbocycles. The Morgan fingerprint density at radius 1 is 1.41 bits per heavy atom. The Morgan fingerprint density at radius 2 is 2.06 bits per heavy atom. The average molecular weight is 247 g/mol. The third-order valence-electron chi connectivity index (χ3n) is 2.03. The summed E-state index contributed by atoms with van der Waals surface area (Å²) in [5.41, 5.74) is 5.49. The van der Waals surface area contributed by atoms with Crippen molar-refractivity contribution >= 4 is 5.97 Å². The van der Waals surface area contributed by atoms with E-state index in [1.54, 1.807) is 0 Å².